The van der Waals surface area contributed by atoms with E-state index in [1.807, 2.05) is 38.1 Å². The van der Waals surface area contributed by atoms with Crippen molar-refractivity contribution < 1.29 is 23.8 Å². The molecule has 0 N–H and O–H groups in total. The van der Waals surface area contributed by atoms with E-state index in [0.29, 0.717) is 12.8 Å². The number of Topliss-reactive ketones (excluding diaryl/α,β-unsaturated/α-hetero) is 1. The average Bonchev–Trinajstić information content (AvgIpc) is 2.76. The molecule has 162 valence electrons. The summed E-state index contributed by atoms with van der Waals surface area (Å²) in [5.41, 5.74) is 0.476. The van der Waals surface area contributed by atoms with Gasteiger partial charge in [0.05, 0.1) is 20.3 Å². The Morgan fingerprint density at radius 3 is 2.37 bits per heavy atom. The van der Waals surface area contributed by atoms with Gasteiger partial charge in [0.1, 0.15) is 16.9 Å². The minimum absolute atomic E-state index is 0.132. The molecule has 0 aliphatic heterocycles. The summed E-state index contributed by atoms with van der Waals surface area (Å²) >= 11 is 0. The summed E-state index contributed by atoms with van der Waals surface area (Å²) in [6.45, 7) is 11.9. The molecule has 0 unspecified atom stereocenters. The van der Waals surface area contributed by atoms with E-state index in [9.17, 15) is 9.59 Å². The highest BCUT2D eigenvalue weighted by Gasteiger charge is 2.30. The molecule has 0 bridgehead atoms. The molecule has 1 aromatic rings. The van der Waals surface area contributed by atoms with Gasteiger partial charge in [0.2, 0.25) is 5.78 Å². The summed E-state index contributed by atoms with van der Waals surface area (Å²) in [5.74, 6) is 4.78. The van der Waals surface area contributed by atoms with Gasteiger partial charge in [-0.05, 0) is 62.0 Å². The summed E-state index contributed by atoms with van der Waals surface area (Å²) in [7, 11) is 1.61. The molecule has 0 aliphatic rings. The second-order valence-corrected chi connectivity index (χ2v) is 6.86. The zero-order chi connectivity index (χ0) is 22.6. The summed E-state index contributed by atoms with van der Waals surface area (Å²) in [4.78, 5) is 25.1. The zero-order valence-corrected chi connectivity index (χ0v) is 18.7. The van der Waals surface area contributed by atoms with Crippen LogP contribution in [0.2, 0.25) is 0 Å². The van der Waals surface area contributed by atoms with Gasteiger partial charge in [-0.2, -0.15) is 0 Å². The summed E-state index contributed by atoms with van der Waals surface area (Å²) in [6.07, 6.45) is 3.51. The standard InChI is InChI=1S/C25H32O5/c1-7-10-11-12-23(26)22(24(27)29-9-3)17-25(5,19(4)8-2)30-18-20-13-15-21(28-6)16-14-20/h13-17H,4,7-10,18H2,1-3,5-6H3/b22-17-/t25-/m0/s1. The number of carbonyl (C=O) groups excluding carboxylic acids is 2. The summed E-state index contributed by atoms with van der Waals surface area (Å²) in [6, 6.07) is 7.48. The molecule has 5 nitrogen and oxygen atoms in total. The van der Waals surface area contributed by atoms with Gasteiger partial charge in [0.15, 0.2) is 0 Å². The lowest BCUT2D eigenvalue weighted by molar-refractivity contribution is -0.139. The summed E-state index contributed by atoms with van der Waals surface area (Å²) in [5, 5.41) is 0. The molecule has 1 aromatic carbocycles. The topological polar surface area (TPSA) is 61.8 Å². The van der Waals surface area contributed by atoms with E-state index >= 15 is 0 Å². The van der Waals surface area contributed by atoms with Crippen LogP contribution in [0.25, 0.3) is 0 Å². The molecular weight excluding hydrogens is 380 g/mol. The predicted octanol–water partition coefficient (Wildman–Crippen LogP) is 4.80. The van der Waals surface area contributed by atoms with Crippen LogP contribution in [0.3, 0.4) is 0 Å². The van der Waals surface area contributed by atoms with E-state index in [0.717, 1.165) is 23.3 Å². The maximum absolute atomic E-state index is 12.6. The Morgan fingerprint density at radius 2 is 1.83 bits per heavy atom. The fraction of sp³-hybridized carbons (Fsp3) is 0.440. The van der Waals surface area contributed by atoms with Crippen LogP contribution < -0.4 is 4.74 Å². The SMILES string of the molecule is C=C(CC)[C@](C)(/C=C(/C(=O)C#CCCC)C(=O)OCC)OCc1ccc(OC)cc1. The Hall–Kier alpha value is -2.84. The first-order valence-electron chi connectivity index (χ1n) is 10.2. The molecule has 30 heavy (non-hydrogen) atoms. The second-order valence-electron chi connectivity index (χ2n) is 6.86. The van der Waals surface area contributed by atoms with E-state index < -0.39 is 17.4 Å². The third-order valence-electron chi connectivity index (χ3n) is 4.56. The Morgan fingerprint density at radius 1 is 1.17 bits per heavy atom. The van der Waals surface area contributed by atoms with Crippen molar-refractivity contribution in [2.75, 3.05) is 13.7 Å². The van der Waals surface area contributed by atoms with E-state index in [2.05, 4.69) is 18.4 Å². The van der Waals surface area contributed by atoms with Gasteiger partial charge in [-0.3, -0.25) is 4.79 Å². The van der Waals surface area contributed by atoms with Crippen molar-refractivity contribution in [2.24, 2.45) is 0 Å². The second kappa shape index (κ2) is 12.7. The Kier molecular flexibility index (Phi) is 10.6. The highest BCUT2D eigenvalue weighted by atomic mass is 16.5. The lowest BCUT2D eigenvalue weighted by Gasteiger charge is -2.29. The molecule has 0 aliphatic carbocycles. The molecule has 0 heterocycles. The van der Waals surface area contributed by atoms with Crippen LogP contribution in [-0.2, 0) is 25.7 Å². The normalized spacial score (nSPS) is 12.9. The number of hydrogen-bond donors (Lipinski definition) is 0. The molecule has 5 heteroatoms. The monoisotopic (exact) mass is 412 g/mol. The number of ether oxygens (including phenoxy) is 3. The van der Waals surface area contributed by atoms with Crippen molar-refractivity contribution in [3.05, 3.63) is 53.6 Å². The molecule has 0 amide bonds. The number of esters is 1. The Balaban J connectivity index is 3.24. The van der Waals surface area contributed by atoms with Crippen LogP contribution in [0.5, 0.6) is 5.75 Å². The van der Waals surface area contributed by atoms with Crippen molar-refractivity contribution in [2.45, 2.75) is 59.2 Å². The lowest BCUT2D eigenvalue weighted by Crippen LogP contribution is -2.31. The maximum Gasteiger partial charge on any atom is 0.342 e. The van der Waals surface area contributed by atoms with Crippen molar-refractivity contribution in [3.63, 3.8) is 0 Å². The van der Waals surface area contributed by atoms with Crippen LogP contribution in [0.1, 0.15) is 52.5 Å². The number of carbonyl (C=O) groups is 2. The first-order chi connectivity index (χ1) is 14.3. The van der Waals surface area contributed by atoms with Crippen LogP contribution in [0.4, 0.5) is 0 Å². The van der Waals surface area contributed by atoms with Gasteiger partial charge in [-0.1, -0.05) is 38.5 Å². The minimum atomic E-state index is -1.04. The lowest BCUT2D eigenvalue weighted by atomic mass is 9.91. The fourth-order valence-corrected chi connectivity index (χ4v) is 2.59. The highest BCUT2D eigenvalue weighted by Crippen LogP contribution is 2.28. The number of benzene rings is 1. The van der Waals surface area contributed by atoms with E-state index in [4.69, 9.17) is 14.2 Å². The molecule has 0 aromatic heterocycles. The largest absolute Gasteiger partial charge is 0.497 e. The van der Waals surface area contributed by atoms with Gasteiger partial charge in [0, 0.05) is 6.42 Å². The van der Waals surface area contributed by atoms with E-state index in [-0.39, 0.29) is 18.8 Å². The molecule has 0 saturated heterocycles. The Labute approximate surface area is 180 Å². The number of rotatable bonds is 11. The number of ketones is 1. The van der Waals surface area contributed by atoms with E-state index in [1.54, 1.807) is 21.0 Å². The van der Waals surface area contributed by atoms with Gasteiger partial charge < -0.3 is 14.2 Å². The van der Waals surface area contributed by atoms with Crippen molar-refractivity contribution in [1.82, 2.24) is 0 Å². The first-order valence-corrected chi connectivity index (χ1v) is 10.2. The molecule has 0 saturated carbocycles. The number of unbranched alkanes of at least 4 members (excludes halogenated alkanes) is 1. The van der Waals surface area contributed by atoms with Crippen molar-refractivity contribution in [3.8, 4) is 17.6 Å². The predicted molar refractivity (Wildman–Crippen MR) is 118 cm³/mol. The molecule has 1 atom stereocenters. The van der Waals surface area contributed by atoms with Crippen LogP contribution in [0.15, 0.2) is 48.1 Å². The fourth-order valence-electron chi connectivity index (χ4n) is 2.59. The van der Waals surface area contributed by atoms with E-state index in [1.165, 1.54) is 6.08 Å². The molecule has 1 rings (SSSR count). The maximum atomic E-state index is 12.6. The van der Waals surface area contributed by atoms with Crippen LogP contribution in [0, 0.1) is 11.8 Å². The Bertz CT molecular complexity index is 823. The smallest absolute Gasteiger partial charge is 0.342 e. The van der Waals surface area contributed by atoms with Gasteiger partial charge in [-0.15, -0.1) is 0 Å². The molecular formula is C25H32O5. The third-order valence-corrected chi connectivity index (χ3v) is 4.56. The average molecular weight is 413 g/mol. The third kappa shape index (κ3) is 7.53. The number of methoxy groups -OCH3 is 1. The first kappa shape index (κ1) is 25.2. The molecule has 0 radical (unpaired) electrons. The van der Waals surface area contributed by atoms with Crippen LogP contribution >= 0.6 is 0 Å². The zero-order valence-electron chi connectivity index (χ0n) is 18.7. The quantitative estimate of drug-likeness (QED) is 0.0994. The van der Waals surface area contributed by atoms with Gasteiger partial charge in [0.25, 0.3) is 0 Å². The van der Waals surface area contributed by atoms with Crippen LogP contribution in [-0.4, -0.2) is 31.1 Å². The van der Waals surface area contributed by atoms with Crippen molar-refractivity contribution in [1.29, 1.82) is 0 Å². The van der Waals surface area contributed by atoms with Crippen molar-refractivity contribution >= 4 is 11.8 Å². The molecule has 0 spiro atoms. The van der Waals surface area contributed by atoms with Gasteiger partial charge in [-0.25, -0.2) is 4.79 Å². The number of hydrogen-bond acceptors (Lipinski definition) is 5. The molecule has 0 fully saturated rings. The van der Waals surface area contributed by atoms with Gasteiger partial charge >= 0.3 is 5.97 Å². The minimum Gasteiger partial charge on any atom is -0.497 e. The highest BCUT2D eigenvalue weighted by molar-refractivity contribution is 6.24. The summed E-state index contributed by atoms with van der Waals surface area (Å²) < 4.78 is 16.4.